The summed E-state index contributed by atoms with van der Waals surface area (Å²) in [5.41, 5.74) is 6.11. The molecule has 4 N–H and O–H groups in total. The number of benzene rings is 2. The number of thiophene rings is 1. The van der Waals surface area contributed by atoms with Crippen LogP contribution < -0.4 is 10.5 Å². The fourth-order valence-corrected chi connectivity index (χ4v) is 7.59. The maximum Gasteiger partial charge on any atom is 0.354 e. The zero-order valence-electron chi connectivity index (χ0n) is 19.4. The Morgan fingerprint density at radius 3 is 2.26 bits per heavy atom. The predicted molar refractivity (Wildman–Crippen MR) is 138 cm³/mol. The molecule has 2 amide bonds. The molecule has 0 radical (unpaired) electrons. The lowest BCUT2D eigenvalue weighted by Crippen LogP contribution is -2.18. The third kappa shape index (κ3) is 4.31. The van der Waals surface area contributed by atoms with E-state index in [0.717, 1.165) is 54.7 Å². The van der Waals surface area contributed by atoms with E-state index in [2.05, 4.69) is 15.7 Å². The van der Waals surface area contributed by atoms with Crippen molar-refractivity contribution < 1.29 is 14.1 Å². The van der Waals surface area contributed by atoms with E-state index in [1.807, 2.05) is 30.3 Å². The number of fused-ring (bicyclic) bond motifs is 2. The second-order valence-electron chi connectivity index (χ2n) is 9.56. The van der Waals surface area contributed by atoms with Gasteiger partial charge in [0.15, 0.2) is 9.92 Å². The highest BCUT2D eigenvalue weighted by Crippen LogP contribution is 2.41. The normalized spacial score (nSPS) is 16.6. The number of aryl methyl sites for hydroxylation is 2. The molecule has 3 aromatic rings. The lowest BCUT2D eigenvalue weighted by Gasteiger charge is -2.18. The summed E-state index contributed by atoms with van der Waals surface area (Å²) in [4.78, 5) is 13.7. The number of nitrogens with zero attached hydrogens (tertiary/aromatic N) is 1. The van der Waals surface area contributed by atoms with Crippen LogP contribution in [0.4, 0.5) is 10.5 Å². The van der Waals surface area contributed by atoms with Crippen LogP contribution in [0.2, 0.25) is 0 Å². The standard InChI is InChI=1S/C26H29N3O3S2/c1-26(2,31)21-15-22(33-24(21)16-8-4-3-5-9-16)34(27,32)29-25(30)28-23-19-12-6-10-17(19)14-18-11-7-13-20(18)23/h3-5,8-9,14-15,31H,6-7,10-13H2,1-2H3,(H3,27,28,29,30,32)/t34-/m1/s1. The average molecular weight is 496 g/mol. The first-order valence-electron chi connectivity index (χ1n) is 11.6. The Balaban J connectivity index is 1.51. The minimum absolute atomic E-state index is 0.266. The van der Waals surface area contributed by atoms with E-state index in [-0.39, 0.29) is 4.21 Å². The molecule has 2 aliphatic rings. The lowest BCUT2D eigenvalue weighted by molar-refractivity contribution is 0.0795. The minimum Gasteiger partial charge on any atom is -0.386 e. The first-order chi connectivity index (χ1) is 16.1. The number of rotatable bonds is 4. The Morgan fingerprint density at radius 1 is 1.06 bits per heavy atom. The van der Waals surface area contributed by atoms with Gasteiger partial charge in [-0.25, -0.2) is 14.1 Å². The molecule has 1 atom stereocenters. The van der Waals surface area contributed by atoms with E-state index in [4.69, 9.17) is 5.14 Å². The summed E-state index contributed by atoms with van der Waals surface area (Å²) in [7, 11) is -3.51. The summed E-state index contributed by atoms with van der Waals surface area (Å²) in [6, 6.07) is 12.8. The van der Waals surface area contributed by atoms with Gasteiger partial charge in [-0.15, -0.1) is 15.7 Å². The summed E-state index contributed by atoms with van der Waals surface area (Å²) in [6.45, 7) is 3.34. The van der Waals surface area contributed by atoms with Crippen molar-refractivity contribution in [2.24, 2.45) is 9.50 Å². The Kier molecular flexibility index (Phi) is 5.88. The molecule has 34 heavy (non-hydrogen) atoms. The molecular weight excluding hydrogens is 466 g/mol. The first-order valence-corrected chi connectivity index (χ1v) is 14.0. The van der Waals surface area contributed by atoms with Crippen molar-refractivity contribution in [3.05, 3.63) is 70.3 Å². The second-order valence-corrected chi connectivity index (χ2v) is 12.6. The van der Waals surface area contributed by atoms with E-state index < -0.39 is 21.5 Å². The van der Waals surface area contributed by atoms with Gasteiger partial charge < -0.3 is 10.4 Å². The van der Waals surface area contributed by atoms with Crippen molar-refractivity contribution in [3.8, 4) is 10.4 Å². The molecule has 1 heterocycles. The van der Waals surface area contributed by atoms with Crippen LogP contribution in [0, 0.1) is 0 Å². The van der Waals surface area contributed by atoms with Gasteiger partial charge in [0, 0.05) is 16.1 Å². The van der Waals surface area contributed by atoms with E-state index in [0.29, 0.717) is 5.56 Å². The quantitative estimate of drug-likeness (QED) is 0.442. The highest BCUT2D eigenvalue weighted by atomic mass is 32.2. The molecule has 2 aliphatic carbocycles. The molecule has 6 nitrogen and oxygen atoms in total. The fraction of sp³-hybridized carbons (Fsp3) is 0.346. The van der Waals surface area contributed by atoms with Crippen molar-refractivity contribution in [3.63, 3.8) is 0 Å². The van der Waals surface area contributed by atoms with Crippen molar-refractivity contribution in [1.82, 2.24) is 0 Å². The van der Waals surface area contributed by atoms with E-state index in [1.165, 1.54) is 33.6 Å². The van der Waals surface area contributed by atoms with Crippen LogP contribution >= 0.6 is 11.3 Å². The summed E-state index contributed by atoms with van der Waals surface area (Å²) in [6.07, 6.45) is 6.04. The number of amides is 2. The number of anilines is 1. The molecule has 5 rings (SSSR count). The van der Waals surface area contributed by atoms with Crippen LogP contribution in [0.5, 0.6) is 0 Å². The number of nitrogens with two attached hydrogens (primary N) is 1. The Bertz CT molecular complexity index is 1360. The largest absolute Gasteiger partial charge is 0.386 e. The van der Waals surface area contributed by atoms with Crippen LogP contribution in [0.1, 0.15) is 54.5 Å². The van der Waals surface area contributed by atoms with E-state index in [1.54, 1.807) is 19.9 Å². The average Bonchev–Trinajstić information content (AvgIpc) is 3.52. The van der Waals surface area contributed by atoms with Crippen LogP contribution in [0.25, 0.3) is 10.4 Å². The molecule has 0 aliphatic heterocycles. The molecule has 0 saturated carbocycles. The van der Waals surface area contributed by atoms with Gasteiger partial charge in [-0.2, -0.15) is 0 Å². The van der Waals surface area contributed by atoms with Crippen LogP contribution in [0.3, 0.4) is 0 Å². The van der Waals surface area contributed by atoms with Gasteiger partial charge in [-0.05, 0) is 86.3 Å². The third-order valence-electron chi connectivity index (χ3n) is 6.62. The number of carbonyl (C=O) groups is 1. The van der Waals surface area contributed by atoms with Gasteiger partial charge in [-0.1, -0.05) is 36.4 Å². The predicted octanol–water partition coefficient (Wildman–Crippen LogP) is 5.55. The number of hydrogen-bond donors (Lipinski definition) is 3. The summed E-state index contributed by atoms with van der Waals surface area (Å²) < 4.78 is 17.7. The molecule has 0 saturated heterocycles. The van der Waals surface area contributed by atoms with Crippen molar-refractivity contribution in [1.29, 1.82) is 0 Å². The summed E-state index contributed by atoms with van der Waals surface area (Å²) in [5, 5.41) is 19.8. The van der Waals surface area contributed by atoms with Crippen LogP contribution in [-0.2, 0) is 41.2 Å². The van der Waals surface area contributed by atoms with Gasteiger partial charge in [0.1, 0.15) is 4.21 Å². The van der Waals surface area contributed by atoms with Gasteiger partial charge >= 0.3 is 6.03 Å². The van der Waals surface area contributed by atoms with Gasteiger partial charge in [0.05, 0.1) is 5.60 Å². The SMILES string of the molecule is CC(C)(O)c1cc([S@](N)(=O)=NC(=O)Nc2c3c(cc4c2CCC4)CCC3)sc1-c1ccccc1. The summed E-state index contributed by atoms with van der Waals surface area (Å²) in [5.74, 6) is 0. The lowest BCUT2D eigenvalue weighted by atomic mass is 9.96. The molecule has 178 valence electrons. The van der Waals surface area contributed by atoms with Crippen molar-refractivity contribution in [2.75, 3.05) is 5.32 Å². The van der Waals surface area contributed by atoms with E-state index >= 15 is 0 Å². The number of aliphatic hydroxyl groups is 1. The zero-order valence-corrected chi connectivity index (χ0v) is 21.0. The molecule has 0 bridgehead atoms. The highest BCUT2D eigenvalue weighted by Gasteiger charge is 2.28. The topological polar surface area (TPSA) is 105 Å². The Morgan fingerprint density at radius 2 is 1.68 bits per heavy atom. The number of carbonyl (C=O) groups excluding carboxylic acids is 1. The Labute approximate surface area is 204 Å². The first kappa shape index (κ1) is 23.2. The van der Waals surface area contributed by atoms with Crippen LogP contribution in [-0.4, -0.2) is 15.3 Å². The molecular formula is C26H29N3O3S2. The number of nitrogens with one attached hydrogen (secondary N) is 1. The molecule has 1 aromatic heterocycles. The van der Waals surface area contributed by atoms with Crippen molar-refractivity contribution >= 4 is 33.0 Å². The zero-order chi connectivity index (χ0) is 24.1. The van der Waals surface area contributed by atoms with Crippen LogP contribution in [0.15, 0.2) is 51.0 Å². The minimum atomic E-state index is -3.51. The number of urea groups is 1. The van der Waals surface area contributed by atoms with Gasteiger partial charge in [-0.3, -0.25) is 0 Å². The second kappa shape index (κ2) is 8.61. The molecule has 2 aromatic carbocycles. The van der Waals surface area contributed by atoms with E-state index in [9.17, 15) is 14.1 Å². The fourth-order valence-electron chi connectivity index (χ4n) is 5.04. The highest BCUT2D eigenvalue weighted by molar-refractivity contribution is 7.93. The number of hydrogen-bond acceptors (Lipinski definition) is 4. The molecule has 0 fully saturated rings. The Hall–Kier alpha value is -2.52. The van der Waals surface area contributed by atoms with Crippen molar-refractivity contribution in [2.45, 2.75) is 62.2 Å². The monoisotopic (exact) mass is 495 g/mol. The molecule has 0 spiro atoms. The maximum atomic E-state index is 13.5. The maximum absolute atomic E-state index is 13.5. The smallest absolute Gasteiger partial charge is 0.354 e. The molecule has 8 heteroatoms. The summed E-state index contributed by atoms with van der Waals surface area (Å²) >= 11 is 1.20. The third-order valence-corrected chi connectivity index (χ3v) is 9.69. The van der Waals surface area contributed by atoms with Gasteiger partial charge in [0.2, 0.25) is 0 Å². The van der Waals surface area contributed by atoms with Gasteiger partial charge in [0.25, 0.3) is 0 Å². The molecule has 0 unspecified atom stereocenters.